The average molecular weight is 507 g/mol. The van der Waals surface area contributed by atoms with Crippen LogP contribution in [0, 0.1) is 6.92 Å². The zero-order chi connectivity index (χ0) is 24.7. The van der Waals surface area contributed by atoms with Crippen LogP contribution in [0.3, 0.4) is 0 Å². The molecule has 0 bridgehead atoms. The molecule has 35 heavy (non-hydrogen) atoms. The summed E-state index contributed by atoms with van der Waals surface area (Å²) in [5.74, 6) is 0.367. The number of rotatable bonds is 4. The molecule has 180 valence electrons. The van der Waals surface area contributed by atoms with Gasteiger partial charge in [0.25, 0.3) is 11.5 Å². The molecule has 2 aromatic heterocycles. The maximum atomic E-state index is 13.7. The number of carbonyl (C=O) groups excluding carboxylic acids is 1. The summed E-state index contributed by atoms with van der Waals surface area (Å²) in [4.78, 5) is 36.1. The average Bonchev–Trinajstić information content (AvgIpc) is 3.08. The lowest BCUT2D eigenvalue weighted by atomic mass is 10.1. The third-order valence-corrected chi connectivity index (χ3v) is 7.49. The molecule has 2 fully saturated rings. The van der Waals surface area contributed by atoms with Gasteiger partial charge in [-0.15, -0.1) is 0 Å². The fourth-order valence-electron chi connectivity index (χ4n) is 4.55. The van der Waals surface area contributed by atoms with E-state index in [1.165, 1.54) is 11.8 Å². The molecule has 9 heteroatoms. The van der Waals surface area contributed by atoms with Crippen LogP contribution in [0.15, 0.2) is 58.4 Å². The predicted molar refractivity (Wildman–Crippen MR) is 144 cm³/mol. The Kier molecular flexibility index (Phi) is 6.48. The van der Waals surface area contributed by atoms with Crippen LogP contribution in [0.25, 0.3) is 11.7 Å². The number of hydrogen-bond donors (Lipinski definition) is 0. The number of anilines is 1. The second-order valence-electron chi connectivity index (χ2n) is 8.95. The molecule has 0 spiro atoms. The van der Waals surface area contributed by atoms with E-state index in [0.29, 0.717) is 45.9 Å². The lowest BCUT2D eigenvalue weighted by Crippen LogP contribution is -2.46. The summed E-state index contributed by atoms with van der Waals surface area (Å²) in [6, 6.07) is 13.5. The van der Waals surface area contributed by atoms with Crippen molar-refractivity contribution < 1.29 is 9.53 Å². The van der Waals surface area contributed by atoms with Gasteiger partial charge in [0.2, 0.25) is 0 Å². The minimum atomic E-state index is -0.214. The number of benzene rings is 1. The van der Waals surface area contributed by atoms with E-state index >= 15 is 0 Å². The second kappa shape index (κ2) is 9.56. The van der Waals surface area contributed by atoms with E-state index in [0.717, 1.165) is 11.1 Å². The highest BCUT2D eigenvalue weighted by molar-refractivity contribution is 8.26. The molecule has 2 aliphatic rings. The molecule has 0 saturated carbocycles. The molecule has 0 N–H and O–H groups in total. The first kappa shape index (κ1) is 23.7. The number of aromatic nitrogens is 2. The monoisotopic (exact) mass is 506 g/mol. The molecule has 0 aliphatic carbocycles. The maximum Gasteiger partial charge on any atom is 0.267 e. The van der Waals surface area contributed by atoms with Crippen molar-refractivity contribution in [1.82, 2.24) is 14.3 Å². The van der Waals surface area contributed by atoms with E-state index in [4.69, 9.17) is 21.9 Å². The van der Waals surface area contributed by atoms with Gasteiger partial charge in [-0.25, -0.2) is 4.98 Å². The van der Waals surface area contributed by atoms with Gasteiger partial charge in [-0.1, -0.05) is 60.4 Å². The minimum absolute atomic E-state index is 0.00666. The smallest absolute Gasteiger partial charge is 0.267 e. The largest absolute Gasteiger partial charge is 0.372 e. The van der Waals surface area contributed by atoms with Crippen LogP contribution in [0.2, 0.25) is 0 Å². The van der Waals surface area contributed by atoms with Gasteiger partial charge in [-0.05, 0) is 44.0 Å². The van der Waals surface area contributed by atoms with Crippen LogP contribution in [-0.4, -0.2) is 49.8 Å². The quantitative estimate of drug-likeness (QED) is 0.391. The van der Waals surface area contributed by atoms with E-state index in [1.54, 1.807) is 21.6 Å². The van der Waals surface area contributed by atoms with E-state index < -0.39 is 0 Å². The van der Waals surface area contributed by atoms with Crippen LogP contribution in [0.4, 0.5) is 5.82 Å². The van der Waals surface area contributed by atoms with Gasteiger partial charge in [0.15, 0.2) is 0 Å². The third-order valence-electron chi connectivity index (χ3n) is 6.12. The maximum absolute atomic E-state index is 13.7. The fraction of sp³-hybridized carbons (Fsp3) is 0.308. The number of thioether (sulfide) groups is 1. The predicted octanol–water partition coefficient (Wildman–Crippen LogP) is 4.02. The van der Waals surface area contributed by atoms with Gasteiger partial charge in [0.05, 0.1) is 29.2 Å². The molecule has 2 aliphatic heterocycles. The zero-order valence-corrected chi connectivity index (χ0v) is 21.4. The summed E-state index contributed by atoms with van der Waals surface area (Å²) in [5.41, 5.74) is 2.67. The van der Waals surface area contributed by atoms with Crippen molar-refractivity contribution in [3.8, 4) is 0 Å². The zero-order valence-electron chi connectivity index (χ0n) is 19.8. The first-order valence-electron chi connectivity index (χ1n) is 11.5. The Labute approximate surface area is 213 Å². The summed E-state index contributed by atoms with van der Waals surface area (Å²) in [6.07, 6.45) is 3.36. The van der Waals surface area contributed by atoms with Crippen molar-refractivity contribution in [2.24, 2.45) is 0 Å². The second-order valence-corrected chi connectivity index (χ2v) is 10.6. The van der Waals surface area contributed by atoms with Gasteiger partial charge < -0.3 is 9.64 Å². The summed E-state index contributed by atoms with van der Waals surface area (Å²) in [5, 5.41) is 0. The molecule has 2 atom stereocenters. The number of carbonyl (C=O) groups is 1. The van der Waals surface area contributed by atoms with Crippen molar-refractivity contribution in [3.63, 3.8) is 0 Å². The highest BCUT2D eigenvalue weighted by atomic mass is 32.2. The van der Waals surface area contributed by atoms with E-state index in [-0.39, 0.29) is 23.7 Å². The number of aryl methyl sites for hydroxylation is 1. The number of hydrogen-bond acceptors (Lipinski definition) is 7. The van der Waals surface area contributed by atoms with Crippen molar-refractivity contribution >= 4 is 51.7 Å². The van der Waals surface area contributed by atoms with E-state index in [2.05, 4.69) is 4.90 Å². The lowest BCUT2D eigenvalue weighted by molar-refractivity contribution is -0.122. The molecule has 0 radical (unpaired) electrons. The van der Waals surface area contributed by atoms with Crippen LogP contribution in [0.1, 0.15) is 30.5 Å². The van der Waals surface area contributed by atoms with E-state index in [1.807, 2.05) is 63.2 Å². The van der Waals surface area contributed by atoms with Crippen molar-refractivity contribution in [2.75, 3.05) is 18.0 Å². The molecule has 2 saturated heterocycles. The first-order chi connectivity index (χ1) is 16.8. The number of pyridine rings is 1. The highest BCUT2D eigenvalue weighted by Gasteiger charge is 2.33. The topological polar surface area (TPSA) is 67.2 Å². The molecular formula is C26H26N4O3S2. The molecule has 4 heterocycles. The van der Waals surface area contributed by atoms with Crippen molar-refractivity contribution in [1.29, 1.82) is 0 Å². The number of morpholine rings is 1. The molecule has 1 amide bonds. The van der Waals surface area contributed by atoms with Gasteiger partial charge >= 0.3 is 0 Å². The Bertz CT molecular complexity index is 1390. The third kappa shape index (κ3) is 4.63. The van der Waals surface area contributed by atoms with Gasteiger partial charge in [0.1, 0.15) is 15.8 Å². The highest BCUT2D eigenvalue weighted by Crippen LogP contribution is 2.35. The Morgan fingerprint density at radius 2 is 1.83 bits per heavy atom. The number of nitrogens with zero attached hydrogens (tertiary/aromatic N) is 4. The summed E-state index contributed by atoms with van der Waals surface area (Å²) < 4.78 is 7.93. The minimum Gasteiger partial charge on any atom is -0.372 e. The molecular weight excluding hydrogens is 480 g/mol. The van der Waals surface area contributed by atoms with Gasteiger partial charge in [0, 0.05) is 19.3 Å². The van der Waals surface area contributed by atoms with Crippen LogP contribution < -0.4 is 10.5 Å². The number of amides is 1. The van der Waals surface area contributed by atoms with Gasteiger partial charge in [-0.2, -0.15) is 0 Å². The van der Waals surface area contributed by atoms with Crippen molar-refractivity contribution in [2.45, 2.75) is 39.5 Å². The summed E-state index contributed by atoms with van der Waals surface area (Å²) >= 11 is 6.75. The van der Waals surface area contributed by atoms with Crippen LogP contribution in [-0.2, 0) is 16.1 Å². The lowest BCUT2D eigenvalue weighted by Gasteiger charge is -2.36. The normalized spacial score (nSPS) is 22.0. The Morgan fingerprint density at radius 3 is 2.54 bits per heavy atom. The SMILES string of the molecule is Cc1cccn2c(=O)c(/C=C3\SC(=S)N(Cc4ccccc4)C3=O)c(N3CC(C)OC(C)C3)nc12. The molecule has 3 aromatic rings. The molecule has 7 nitrogen and oxygen atoms in total. The van der Waals surface area contributed by atoms with Crippen molar-refractivity contribution in [3.05, 3.63) is 80.6 Å². The summed E-state index contributed by atoms with van der Waals surface area (Å²) in [6.45, 7) is 7.56. The summed E-state index contributed by atoms with van der Waals surface area (Å²) in [7, 11) is 0. The number of thiocarbonyl (C=S) groups is 1. The standard InChI is InChI=1S/C26H26N4O3S2/c1-16-8-7-11-29-22(16)27-23(28-13-17(2)33-18(3)14-28)20(24(29)31)12-21-25(32)30(26(34)35-21)15-19-9-5-4-6-10-19/h4-12,17-18H,13-15H2,1-3H3/b21-12-. The number of fused-ring (bicyclic) bond motifs is 1. The first-order valence-corrected chi connectivity index (χ1v) is 12.8. The Hall–Kier alpha value is -3.01. The Balaban J connectivity index is 1.60. The fourth-order valence-corrected chi connectivity index (χ4v) is 5.79. The van der Waals surface area contributed by atoms with Gasteiger partial charge in [-0.3, -0.25) is 18.9 Å². The van der Waals surface area contributed by atoms with Crippen LogP contribution in [0.5, 0.6) is 0 Å². The molecule has 1 aromatic carbocycles. The number of ether oxygens (including phenoxy) is 1. The molecule has 5 rings (SSSR count). The molecule has 2 unspecified atom stereocenters. The van der Waals surface area contributed by atoms with Crippen LogP contribution >= 0.6 is 24.0 Å². The Morgan fingerprint density at radius 1 is 1.11 bits per heavy atom. The van der Waals surface area contributed by atoms with E-state index in [9.17, 15) is 9.59 Å².